The van der Waals surface area contributed by atoms with E-state index in [1.807, 2.05) is 0 Å². The zero-order chi connectivity index (χ0) is 10.6. The lowest BCUT2D eigenvalue weighted by Crippen LogP contribution is -2.28. The number of aliphatic carboxylic acids is 1. The molecule has 3 N–H and O–H groups in total. The number of benzene rings is 1. The molecule has 5 heteroatoms. The summed E-state index contributed by atoms with van der Waals surface area (Å²) in [6, 6.07) is 6.83. The Labute approximate surface area is 86.1 Å². The molecule has 0 fully saturated rings. The van der Waals surface area contributed by atoms with E-state index in [9.17, 15) is 4.79 Å². The Kier molecular flexibility index (Phi) is 3.73. The topological polar surface area (TPSA) is 69.6 Å². The Morgan fingerprint density at radius 2 is 2.29 bits per heavy atom. The number of aliphatic hydroxyl groups excluding tert-OH is 1. The third-order valence-corrected chi connectivity index (χ3v) is 1.84. The number of nitrogens with one attached hydrogen (secondary N) is 1. The van der Waals surface area contributed by atoms with Gasteiger partial charge in [0.05, 0.1) is 6.54 Å². The molecule has 0 heterocycles. The van der Waals surface area contributed by atoms with Crippen molar-refractivity contribution >= 4 is 23.3 Å². The normalized spacial score (nSPS) is 12.1. The molecule has 0 spiro atoms. The van der Waals surface area contributed by atoms with Crippen molar-refractivity contribution in [2.45, 2.75) is 6.10 Å². The number of halogens is 1. The van der Waals surface area contributed by atoms with E-state index in [2.05, 4.69) is 5.32 Å². The fourth-order valence-electron chi connectivity index (χ4n) is 0.900. The number of anilines is 1. The highest BCUT2D eigenvalue weighted by molar-refractivity contribution is 6.30. The van der Waals surface area contributed by atoms with Crippen LogP contribution in [0, 0.1) is 0 Å². The summed E-state index contributed by atoms with van der Waals surface area (Å²) in [6.07, 6.45) is -1.41. The van der Waals surface area contributed by atoms with E-state index in [4.69, 9.17) is 21.8 Å². The van der Waals surface area contributed by atoms with Gasteiger partial charge in [-0.1, -0.05) is 17.7 Å². The Morgan fingerprint density at radius 1 is 1.57 bits per heavy atom. The fraction of sp³-hybridized carbons (Fsp3) is 0.222. The number of carbonyl (C=O) groups is 1. The molecule has 0 aliphatic carbocycles. The molecule has 1 aromatic rings. The molecule has 76 valence electrons. The van der Waals surface area contributed by atoms with Crippen molar-refractivity contribution in [3.8, 4) is 0 Å². The van der Waals surface area contributed by atoms with Gasteiger partial charge in [-0.15, -0.1) is 0 Å². The van der Waals surface area contributed by atoms with E-state index in [0.29, 0.717) is 10.7 Å². The molecular weight excluding hydrogens is 206 g/mol. The van der Waals surface area contributed by atoms with Crippen molar-refractivity contribution < 1.29 is 15.0 Å². The van der Waals surface area contributed by atoms with Crippen LogP contribution in [0.5, 0.6) is 0 Å². The molecule has 0 saturated carbocycles. The van der Waals surface area contributed by atoms with Gasteiger partial charge in [-0.05, 0) is 18.2 Å². The van der Waals surface area contributed by atoms with Crippen molar-refractivity contribution in [3.05, 3.63) is 29.3 Å². The van der Waals surface area contributed by atoms with Crippen LogP contribution < -0.4 is 5.32 Å². The van der Waals surface area contributed by atoms with Crippen molar-refractivity contribution in [2.24, 2.45) is 0 Å². The van der Waals surface area contributed by atoms with Crippen LogP contribution in [0.3, 0.4) is 0 Å². The molecule has 0 aliphatic heterocycles. The van der Waals surface area contributed by atoms with Crippen LogP contribution in [0.2, 0.25) is 5.02 Å². The maximum absolute atomic E-state index is 10.3. The number of aliphatic hydroxyl groups is 1. The van der Waals surface area contributed by atoms with Gasteiger partial charge in [0.25, 0.3) is 0 Å². The zero-order valence-electron chi connectivity index (χ0n) is 7.27. The second-order valence-corrected chi connectivity index (χ2v) is 3.18. The summed E-state index contributed by atoms with van der Waals surface area (Å²) in [5.74, 6) is -1.25. The molecule has 0 aromatic heterocycles. The number of carboxylic acid groups (broad SMARTS) is 1. The molecule has 1 unspecified atom stereocenters. The van der Waals surface area contributed by atoms with Gasteiger partial charge in [0.15, 0.2) is 6.10 Å². The van der Waals surface area contributed by atoms with E-state index in [1.54, 1.807) is 24.3 Å². The summed E-state index contributed by atoms with van der Waals surface area (Å²) >= 11 is 5.70. The van der Waals surface area contributed by atoms with Gasteiger partial charge >= 0.3 is 5.97 Å². The smallest absolute Gasteiger partial charge is 0.334 e. The summed E-state index contributed by atoms with van der Waals surface area (Å²) in [4.78, 5) is 10.3. The molecule has 1 aromatic carbocycles. The maximum Gasteiger partial charge on any atom is 0.334 e. The van der Waals surface area contributed by atoms with E-state index in [-0.39, 0.29) is 6.54 Å². The summed E-state index contributed by atoms with van der Waals surface area (Å²) < 4.78 is 0. The Morgan fingerprint density at radius 3 is 2.86 bits per heavy atom. The predicted molar refractivity (Wildman–Crippen MR) is 53.6 cm³/mol. The fourth-order valence-corrected chi connectivity index (χ4v) is 1.09. The molecule has 14 heavy (non-hydrogen) atoms. The van der Waals surface area contributed by atoms with Gasteiger partial charge < -0.3 is 15.5 Å². The third-order valence-electron chi connectivity index (χ3n) is 1.61. The first-order valence-corrected chi connectivity index (χ1v) is 4.37. The first kappa shape index (κ1) is 10.8. The van der Waals surface area contributed by atoms with E-state index in [1.165, 1.54) is 0 Å². The molecule has 1 rings (SSSR count). The highest BCUT2D eigenvalue weighted by atomic mass is 35.5. The highest BCUT2D eigenvalue weighted by Crippen LogP contribution is 2.14. The van der Waals surface area contributed by atoms with Crippen molar-refractivity contribution in [1.82, 2.24) is 0 Å². The minimum atomic E-state index is -1.41. The summed E-state index contributed by atoms with van der Waals surface area (Å²) in [6.45, 7) is -0.0460. The van der Waals surface area contributed by atoms with Gasteiger partial charge in [-0.3, -0.25) is 0 Å². The van der Waals surface area contributed by atoms with Crippen molar-refractivity contribution in [1.29, 1.82) is 0 Å². The Bertz CT molecular complexity index is 330. The molecule has 0 aliphatic rings. The molecule has 0 saturated heterocycles. The SMILES string of the molecule is O=C(O)C(O)CNc1cccc(Cl)c1. The van der Waals surface area contributed by atoms with Crippen LogP contribution in [-0.2, 0) is 4.79 Å². The van der Waals surface area contributed by atoms with Gasteiger partial charge in [-0.25, -0.2) is 4.79 Å². The number of rotatable bonds is 4. The third kappa shape index (κ3) is 3.24. The van der Waals surface area contributed by atoms with Gasteiger partial charge in [-0.2, -0.15) is 0 Å². The quantitative estimate of drug-likeness (QED) is 0.706. The Hall–Kier alpha value is -1.26. The first-order valence-electron chi connectivity index (χ1n) is 4.00. The van der Waals surface area contributed by atoms with Crippen LogP contribution in [0.15, 0.2) is 24.3 Å². The molecular formula is C9H10ClNO3. The number of hydrogen-bond donors (Lipinski definition) is 3. The minimum Gasteiger partial charge on any atom is -0.479 e. The highest BCUT2D eigenvalue weighted by Gasteiger charge is 2.11. The lowest BCUT2D eigenvalue weighted by molar-refractivity contribution is -0.145. The molecule has 0 radical (unpaired) electrons. The molecule has 0 bridgehead atoms. The predicted octanol–water partition coefficient (Wildman–Crippen LogP) is 1.20. The summed E-state index contributed by atoms with van der Waals surface area (Å²) in [5, 5.41) is 20.7. The van der Waals surface area contributed by atoms with Gasteiger partial charge in [0.1, 0.15) is 0 Å². The average molecular weight is 216 g/mol. The minimum absolute atomic E-state index is 0.0460. The van der Waals surface area contributed by atoms with E-state index < -0.39 is 12.1 Å². The standard InChI is InChI=1S/C9H10ClNO3/c10-6-2-1-3-7(4-6)11-5-8(12)9(13)14/h1-4,8,11-12H,5H2,(H,13,14). The van der Waals surface area contributed by atoms with Crippen LogP contribution in [0.25, 0.3) is 0 Å². The number of carboxylic acids is 1. The molecule has 1 atom stereocenters. The summed E-state index contributed by atoms with van der Waals surface area (Å²) in [7, 11) is 0. The lowest BCUT2D eigenvalue weighted by atomic mass is 10.3. The largest absolute Gasteiger partial charge is 0.479 e. The second-order valence-electron chi connectivity index (χ2n) is 2.75. The second kappa shape index (κ2) is 4.83. The average Bonchev–Trinajstić information content (AvgIpc) is 2.14. The van der Waals surface area contributed by atoms with E-state index >= 15 is 0 Å². The van der Waals surface area contributed by atoms with Gasteiger partial charge in [0.2, 0.25) is 0 Å². The van der Waals surface area contributed by atoms with Crippen LogP contribution in [0.4, 0.5) is 5.69 Å². The van der Waals surface area contributed by atoms with Gasteiger partial charge in [0, 0.05) is 10.7 Å². The van der Waals surface area contributed by atoms with Crippen molar-refractivity contribution in [3.63, 3.8) is 0 Å². The number of hydrogen-bond acceptors (Lipinski definition) is 3. The van der Waals surface area contributed by atoms with Crippen molar-refractivity contribution in [2.75, 3.05) is 11.9 Å². The molecule has 0 amide bonds. The summed E-state index contributed by atoms with van der Waals surface area (Å²) in [5.41, 5.74) is 0.679. The zero-order valence-corrected chi connectivity index (χ0v) is 8.03. The van der Waals surface area contributed by atoms with Crippen LogP contribution in [-0.4, -0.2) is 28.8 Å². The first-order chi connectivity index (χ1) is 6.59. The molecule has 4 nitrogen and oxygen atoms in total. The maximum atomic E-state index is 10.3. The monoisotopic (exact) mass is 215 g/mol. The van der Waals surface area contributed by atoms with Crippen LogP contribution in [0.1, 0.15) is 0 Å². The van der Waals surface area contributed by atoms with E-state index in [0.717, 1.165) is 0 Å². The lowest BCUT2D eigenvalue weighted by Gasteiger charge is -2.08. The van der Waals surface area contributed by atoms with Crippen LogP contribution >= 0.6 is 11.6 Å². The Balaban J connectivity index is 2.49.